The predicted octanol–water partition coefficient (Wildman–Crippen LogP) is 1.74. The van der Waals surface area contributed by atoms with Crippen molar-refractivity contribution in [1.82, 2.24) is 4.90 Å². The molecule has 1 aromatic rings. The first-order valence-corrected chi connectivity index (χ1v) is 5.51. The van der Waals surface area contributed by atoms with Gasteiger partial charge in [-0.05, 0) is 37.1 Å². The molecule has 0 aromatic heterocycles. The zero-order valence-corrected chi connectivity index (χ0v) is 10.1. The summed E-state index contributed by atoms with van der Waals surface area (Å²) in [5.41, 5.74) is 6.88. The molecule has 16 heavy (non-hydrogen) atoms. The number of nitrogens with zero attached hydrogens (tertiary/aromatic N) is 1. The van der Waals surface area contributed by atoms with Crippen molar-refractivity contribution >= 4 is 12.4 Å². The number of halogens is 1. The minimum atomic E-state index is 0. The van der Waals surface area contributed by atoms with Crippen LogP contribution in [-0.2, 0) is 6.54 Å². The Morgan fingerprint density at radius 3 is 2.94 bits per heavy atom. The lowest BCUT2D eigenvalue weighted by Gasteiger charge is -2.23. The van der Waals surface area contributed by atoms with Gasteiger partial charge in [-0.3, -0.25) is 4.90 Å². The van der Waals surface area contributed by atoms with E-state index in [-0.39, 0.29) is 12.4 Å². The lowest BCUT2D eigenvalue weighted by atomic mass is 10.2. The Bertz CT molecular complexity index is 333. The molecule has 0 aliphatic carbocycles. The number of hydrogen-bond donors (Lipinski definition) is 2. The number of likely N-dealkylation sites (tertiary alicyclic amines) is 1. The predicted molar refractivity (Wildman–Crippen MR) is 67.8 cm³/mol. The molecule has 1 saturated heterocycles. The van der Waals surface area contributed by atoms with E-state index in [2.05, 4.69) is 4.90 Å². The highest BCUT2D eigenvalue weighted by Gasteiger charge is 2.22. The van der Waals surface area contributed by atoms with E-state index in [1.54, 1.807) is 6.07 Å². The van der Waals surface area contributed by atoms with Gasteiger partial charge >= 0.3 is 0 Å². The Labute approximate surface area is 103 Å². The number of hydrogen-bond acceptors (Lipinski definition) is 3. The van der Waals surface area contributed by atoms with Crippen molar-refractivity contribution in [2.45, 2.75) is 25.4 Å². The fourth-order valence-corrected chi connectivity index (χ4v) is 2.26. The summed E-state index contributed by atoms with van der Waals surface area (Å²) in [7, 11) is 0. The molecule has 1 heterocycles. The van der Waals surface area contributed by atoms with Crippen molar-refractivity contribution in [2.75, 3.05) is 13.1 Å². The third-order valence-electron chi connectivity index (χ3n) is 3.07. The van der Waals surface area contributed by atoms with Crippen LogP contribution in [0.1, 0.15) is 18.4 Å². The van der Waals surface area contributed by atoms with Crippen molar-refractivity contribution in [3.63, 3.8) is 0 Å². The summed E-state index contributed by atoms with van der Waals surface area (Å²) in [4.78, 5) is 2.40. The van der Waals surface area contributed by atoms with Crippen LogP contribution in [0.25, 0.3) is 0 Å². The Hall–Kier alpha value is -0.770. The second kappa shape index (κ2) is 6.09. The van der Waals surface area contributed by atoms with Gasteiger partial charge in [-0.2, -0.15) is 0 Å². The summed E-state index contributed by atoms with van der Waals surface area (Å²) in [6.45, 7) is 2.76. The molecule has 4 heteroatoms. The quantitative estimate of drug-likeness (QED) is 0.849. The maximum Gasteiger partial charge on any atom is 0.115 e. The average molecular weight is 243 g/mol. The molecule has 2 rings (SSSR count). The van der Waals surface area contributed by atoms with Gasteiger partial charge < -0.3 is 10.8 Å². The summed E-state index contributed by atoms with van der Waals surface area (Å²) in [5.74, 6) is 0.344. The lowest BCUT2D eigenvalue weighted by Crippen LogP contribution is -2.34. The SMILES string of the molecule is Cl.NCC1CCCN1Cc1cccc(O)c1. The Balaban J connectivity index is 0.00000128. The maximum absolute atomic E-state index is 9.37. The highest BCUT2D eigenvalue weighted by molar-refractivity contribution is 5.85. The molecule has 0 amide bonds. The molecule has 0 spiro atoms. The zero-order chi connectivity index (χ0) is 10.7. The van der Waals surface area contributed by atoms with Gasteiger partial charge in [-0.25, -0.2) is 0 Å². The van der Waals surface area contributed by atoms with Crippen molar-refractivity contribution in [1.29, 1.82) is 0 Å². The topological polar surface area (TPSA) is 49.5 Å². The fraction of sp³-hybridized carbons (Fsp3) is 0.500. The second-order valence-corrected chi connectivity index (χ2v) is 4.17. The van der Waals surface area contributed by atoms with Crippen LogP contribution < -0.4 is 5.73 Å². The van der Waals surface area contributed by atoms with Crippen LogP contribution in [0.3, 0.4) is 0 Å². The van der Waals surface area contributed by atoms with Gasteiger partial charge in [0, 0.05) is 19.1 Å². The van der Waals surface area contributed by atoms with Crippen LogP contribution in [0.5, 0.6) is 5.75 Å². The summed E-state index contributed by atoms with van der Waals surface area (Å²) in [6.07, 6.45) is 2.44. The summed E-state index contributed by atoms with van der Waals surface area (Å²) < 4.78 is 0. The zero-order valence-electron chi connectivity index (χ0n) is 9.30. The van der Waals surface area contributed by atoms with Crippen molar-refractivity contribution in [3.8, 4) is 5.75 Å². The number of rotatable bonds is 3. The molecule has 1 aromatic carbocycles. The largest absolute Gasteiger partial charge is 0.508 e. The van der Waals surface area contributed by atoms with E-state index in [9.17, 15) is 5.11 Å². The molecule has 1 fully saturated rings. The first-order valence-electron chi connectivity index (χ1n) is 5.51. The molecular weight excluding hydrogens is 224 g/mol. The van der Waals surface area contributed by atoms with Crippen molar-refractivity contribution in [3.05, 3.63) is 29.8 Å². The van der Waals surface area contributed by atoms with Crippen LogP contribution in [0.2, 0.25) is 0 Å². The maximum atomic E-state index is 9.37. The van der Waals surface area contributed by atoms with Crippen LogP contribution in [0.4, 0.5) is 0 Å². The molecule has 90 valence electrons. The molecule has 3 N–H and O–H groups in total. The molecule has 0 saturated carbocycles. The Kier molecular flexibility index (Phi) is 5.06. The number of phenolic OH excluding ortho intramolecular Hbond substituents is 1. The normalized spacial score (nSPS) is 20.7. The standard InChI is InChI=1S/C12H18N2O.ClH/c13-8-11-4-2-6-14(11)9-10-3-1-5-12(15)7-10;/h1,3,5,7,11,15H,2,4,6,8-9,13H2;1H. The molecule has 1 aliphatic heterocycles. The van der Waals surface area contributed by atoms with E-state index in [0.29, 0.717) is 11.8 Å². The van der Waals surface area contributed by atoms with E-state index in [1.165, 1.54) is 12.8 Å². The van der Waals surface area contributed by atoms with Gasteiger partial charge in [-0.1, -0.05) is 12.1 Å². The molecule has 0 bridgehead atoms. The molecular formula is C12H19ClN2O. The van der Waals surface area contributed by atoms with Crippen LogP contribution in [0, 0.1) is 0 Å². The van der Waals surface area contributed by atoms with E-state index in [0.717, 1.165) is 25.2 Å². The third-order valence-corrected chi connectivity index (χ3v) is 3.07. The molecule has 0 radical (unpaired) electrons. The van der Waals surface area contributed by atoms with Crippen molar-refractivity contribution < 1.29 is 5.11 Å². The Morgan fingerprint density at radius 2 is 2.25 bits per heavy atom. The van der Waals surface area contributed by atoms with Gasteiger partial charge in [0.05, 0.1) is 0 Å². The van der Waals surface area contributed by atoms with Gasteiger partial charge in [0.15, 0.2) is 0 Å². The van der Waals surface area contributed by atoms with Gasteiger partial charge in [0.1, 0.15) is 5.75 Å². The summed E-state index contributed by atoms with van der Waals surface area (Å²) >= 11 is 0. The summed E-state index contributed by atoms with van der Waals surface area (Å²) in [6, 6.07) is 7.98. The smallest absolute Gasteiger partial charge is 0.115 e. The van der Waals surface area contributed by atoms with E-state index in [4.69, 9.17) is 5.73 Å². The highest BCUT2D eigenvalue weighted by atomic mass is 35.5. The van der Waals surface area contributed by atoms with Gasteiger partial charge in [-0.15, -0.1) is 12.4 Å². The van der Waals surface area contributed by atoms with E-state index in [1.807, 2.05) is 18.2 Å². The number of aromatic hydroxyl groups is 1. The first kappa shape index (κ1) is 13.3. The average Bonchev–Trinajstić information content (AvgIpc) is 2.65. The minimum Gasteiger partial charge on any atom is -0.508 e. The minimum absolute atomic E-state index is 0. The first-order chi connectivity index (χ1) is 7.29. The van der Waals surface area contributed by atoms with Crippen LogP contribution in [0.15, 0.2) is 24.3 Å². The van der Waals surface area contributed by atoms with Crippen LogP contribution in [-0.4, -0.2) is 29.1 Å². The number of benzene rings is 1. The fourth-order valence-electron chi connectivity index (χ4n) is 2.26. The van der Waals surface area contributed by atoms with E-state index < -0.39 is 0 Å². The second-order valence-electron chi connectivity index (χ2n) is 4.17. The van der Waals surface area contributed by atoms with Crippen LogP contribution >= 0.6 is 12.4 Å². The number of phenols is 1. The van der Waals surface area contributed by atoms with Crippen molar-refractivity contribution in [2.24, 2.45) is 5.73 Å². The monoisotopic (exact) mass is 242 g/mol. The van der Waals surface area contributed by atoms with Gasteiger partial charge in [0.25, 0.3) is 0 Å². The molecule has 1 unspecified atom stereocenters. The lowest BCUT2D eigenvalue weighted by molar-refractivity contribution is 0.250. The third kappa shape index (κ3) is 3.11. The molecule has 1 aliphatic rings. The number of nitrogens with two attached hydrogens (primary N) is 1. The van der Waals surface area contributed by atoms with Gasteiger partial charge in [0.2, 0.25) is 0 Å². The summed E-state index contributed by atoms with van der Waals surface area (Å²) in [5, 5.41) is 9.37. The molecule has 3 nitrogen and oxygen atoms in total. The molecule has 1 atom stereocenters. The Morgan fingerprint density at radius 1 is 1.44 bits per heavy atom. The highest BCUT2D eigenvalue weighted by Crippen LogP contribution is 2.20. The van der Waals surface area contributed by atoms with E-state index >= 15 is 0 Å².